The number of hydrogen-bond acceptors (Lipinski definition) is 4. The van der Waals surface area contributed by atoms with E-state index in [1.165, 1.54) is 24.5 Å². The molecule has 0 fully saturated rings. The Kier molecular flexibility index (Phi) is 8.61. The number of carbonyl (C=O) groups is 2. The number of carbonyl (C=O) groups excluding carboxylic acids is 2. The quantitative estimate of drug-likeness (QED) is 0.145. The summed E-state index contributed by atoms with van der Waals surface area (Å²) < 4.78 is 41.2. The summed E-state index contributed by atoms with van der Waals surface area (Å²) in [7, 11) is 0. The van der Waals surface area contributed by atoms with Crippen molar-refractivity contribution in [2.45, 2.75) is 18.6 Å². The van der Waals surface area contributed by atoms with Crippen LogP contribution in [0.2, 0.25) is 10.0 Å². The van der Waals surface area contributed by atoms with Crippen LogP contribution >= 0.6 is 23.2 Å². The molecule has 0 aliphatic rings. The molecule has 8 nitrogen and oxygen atoms in total. The Hall–Kier alpha value is -4.87. The lowest BCUT2D eigenvalue weighted by atomic mass is 10.0. The Bertz CT molecular complexity index is 1840. The van der Waals surface area contributed by atoms with Gasteiger partial charge in [0, 0.05) is 28.3 Å². The van der Waals surface area contributed by atoms with Crippen molar-refractivity contribution >= 4 is 35.0 Å². The fourth-order valence-electron chi connectivity index (χ4n) is 4.48. The van der Waals surface area contributed by atoms with E-state index in [-0.39, 0.29) is 12.0 Å². The summed E-state index contributed by atoms with van der Waals surface area (Å²) >= 11 is 12.4. The van der Waals surface area contributed by atoms with Crippen molar-refractivity contribution in [1.82, 2.24) is 15.1 Å². The normalized spacial score (nSPS) is 12.1. The first-order valence-electron chi connectivity index (χ1n) is 13.0. The van der Waals surface area contributed by atoms with Crippen LogP contribution in [0.3, 0.4) is 0 Å². The molecule has 4 N–H and O–H groups in total. The number of primary amides is 1. The van der Waals surface area contributed by atoms with Crippen molar-refractivity contribution in [3.05, 3.63) is 124 Å². The SMILES string of the molecule is NC(=O)[C@H](Cc1ccc(C(F)(F)F)cc1)NC(=O)c1ccc(-c2cc(-c3ccc[n+](O)c3)nn2-c2ccc(Cl)c(Cl)c2)cc1. The van der Waals surface area contributed by atoms with E-state index in [0.29, 0.717) is 43.8 Å². The van der Waals surface area contributed by atoms with E-state index in [9.17, 15) is 28.0 Å². The van der Waals surface area contributed by atoms with Crippen LogP contribution in [0.4, 0.5) is 13.2 Å². The Morgan fingerprint density at radius 2 is 1.66 bits per heavy atom. The van der Waals surface area contributed by atoms with Gasteiger partial charge < -0.3 is 11.1 Å². The number of hydrogen-bond donors (Lipinski definition) is 3. The molecule has 44 heavy (non-hydrogen) atoms. The fourth-order valence-corrected chi connectivity index (χ4v) is 4.77. The highest BCUT2D eigenvalue weighted by molar-refractivity contribution is 6.42. The van der Waals surface area contributed by atoms with Gasteiger partial charge in [-0.1, -0.05) is 47.5 Å². The average molecular weight is 641 g/mol. The second kappa shape index (κ2) is 12.4. The minimum Gasteiger partial charge on any atom is -0.368 e. The second-order valence-corrected chi connectivity index (χ2v) is 10.6. The van der Waals surface area contributed by atoms with Crippen molar-refractivity contribution in [2.24, 2.45) is 5.73 Å². The maximum atomic E-state index is 13.0. The molecule has 0 spiro atoms. The van der Waals surface area contributed by atoms with Crippen LogP contribution in [0, 0.1) is 0 Å². The molecule has 0 radical (unpaired) electrons. The number of nitrogens with zero attached hydrogens (tertiary/aromatic N) is 3. The monoisotopic (exact) mass is 640 g/mol. The van der Waals surface area contributed by atoms with Gasteiger partial charge in [0.2, 0.25) is 18.3 Å². The second-order valence-electron chi connectivity index (χ2n) is 9.80. The molecule has 2 amide bonds. The van der Waals surface area contributed by atoms with Gasteiger partial charge >= 0.3 is 6.18 Å². The lowest BCUT2D eigenvalue weighted by molar-refractivity contribution is -0.904. The van der Waals surface area contributed by atoms with Gasteiger partial charge in [-0.25, -0.2) is 4.68 Å². The Morgan fingerprint density at radius 3 is 2.27 bits per heavy atom. The molecule has 1 atom stereocenters. The van der Waals surface area contributed by atoms with Crippen molar-refractivity contribution in [1.29, 1.82) is 0 Å². The third-order valence-corrected chi connectivity index (χ3v) is 7.49. The fraction of sp³-hybridized carbons (Fsp3) is 0.0968. The zero-order valence-corrected chi connectivity index (χ0v) is 24.1. The summed E-state index contributed by atoms with van der Waals surface area (Å²) in [5.41, 5.74) is 8.38. The van der Waals surface area contributed by atoms with E-state index >= 15 is 0 Å². The van der Waals surface area contributed by atoms with Crippen molar-refractivity contribution in [3.63, 3.8) is 0 Å². The molecule has 0 aliphatic heterocycles. The molecule has 0 saturated carbocycles. The van der Waals surface area contributed by atoms with Gasteiger partial charge in [0.15, 0.2) is 0 Å². The Morgan fingerprint density at radius 1 is 0.955 bits per heavy atom. The van der Waals surface area contributed by atoms with E-state index in [0.717, 1.165) is 16.9 Å². The predicted octanol–water partition coefficient (Wildman–Crippen LogP) is 5.88. The molecule has 0 unspecified atom stereocenters. The van der Waals surface area contributed by atoms with Gasteiger partial charge in [-0.2, -0.15) is 18.3 Å². The van der Waals surface area contributed by atoms with Crippen LogP contribution in [0.15, 0.2) is 97.3 Å². The van der Waals surface area contributed by atoms with Crippen LogP contribution in [0.1, 0.15) is 21.5 Å². The summed E-state index contributed by atoms with van der Waals surface area (Å²) in [5.74, 6) is -1.43. The minimum absolute atomic E-state index is 0.0871. The van der Waals surface area contributed by atoms with Gasteiger partial charge in [0.05, 0.1) is 38.2 Å². The first-order valence-corrected chi connectivity index (χ1v) is 13.8. The Labute approximate surface area is 259 Å². The Balaban J connectivity index is 1.40. The third kappa shape index (κ3) is 6.85. The van der Waals surface area contributed by atoms with Crippen LogP contribution in [-0.4, -0.2) is 32.8 Å². The molecule has 2 aromatic heterocycles. The molecule has 0 saturated heterocycles. The number of nitrogens with one attached hydrogen (secondary N) is 1. The van der Waals surface area contributed by atoms with Crippen molar-refractivity contribution in [3.8, 4) is 28.2 Å². The standard InChI is InChI=1S/C31H22Cl2F3N5O3/c32-24-12-11-23(15-25(24)33)41-28(16-26(39-41)21-2-1-13-40(44)17-21)19-5-7-20(8-6-19)30(43)38-27(29(37)42)14-18-3-9-22(10-4-18)31(34,35)36/h1-13,15-17,27H,14H2,(H3-,37,38,42,43,44)/p+1/t27-/m0/s1. The van der Waals surface area contributed by atoms with E-state index in [4.69, 9.17) is 34.0 Å². The van der Waals surface area contributed by atoms with Crippen molar-refractivity contribution < 1.29 is 32.7 Å². The maximum Gasteiger partial charge on any atom is 0.416 e. The zero-order chi connectivity index (χ0) is 31.6. The van der Waals surface area contributed by atoms with Crippen molar-refractivity contribution in [2.75, 3.05) is 0 Å². The number of rotatable bonds is 8. The highest BCUT2D eigenvalue weighted by atomic mass is 35.5. The predicted molar refractivity (Wildman–Crippen MR) is 157 cm³/mol. The van der Waals surface area contributed by atoms with Gasteiger partial charge in [-0.15, -0.1) is 0 Å². The molecule has 13 heteroatoms. The summed E-state index contributed by atoms with van der Waals surface area (Å²) in [6.07, 6.45) is -1.61. The molecular weight excluding hydrogens is 618 g/mol. The molecule has 2 heterocycles. The van der Waals surface area contributed by atoms with Crippen LogP contribution in [-0.2, 0) is 17.4 Å². The van der Waals surface area contributed by atoms with Crippen LogP contribution < -0.4 is 15.8 Å². The molecule has 3 aromatic carbocycles. The number of halogens is 5. The first kappa shape index (κ1) is 30.6. The van der Waals surface area contributed by atoms with Crippen LogP contribution in [0.5, 0.6) is 0 Å². The third-order valence-electron chi connectivity index (χ3n) is 6.75. The largest absolute Gasteiger partial charge is 0.416 e. The maximum absolute atomic E-state index is 13.0. The summed E-state index contributed by atoms with van der Waals surface area (Å²) in [5, 5.41) is 17.9. The number of pyridine rings is 1. The number of aromatic nitrogens is 3. The number of amides is 2. The molecule has 5 aromatic rings. The lowest BCUT2D eigenvalue weighted by Gasteiger charge is -2.16. The number of nitrogens with two attached hydrogens (primary N) is 1. The van der Waals surface area contributed by atoms with E-state index in [1.54, 1.807) is 65.3 Å². The topological polar surface area (TPSA) is 114 Å². The summed E-state index contributed by atoms with van der Waals surface area (Å²) in [6, 6.07) is 19.9. The van der Waals surface area contributed by atoms with E-state index < -0.39 is 29.6 Å². The van der Waals surface area contributed by atoms with E-state index in [2.05, 4.69) is 5.32 Å². The average Bonchev–Trinajstić information content (AvgIpc) is 3.44. The van der Waals surface area contributed by atoms with E-state index in [1.807, 2.05) is 0 Å². The molecule has 0 aliphatic carbocycles. The molecular formula is C31H23Cl2F3N5O3+. The number of alkyl halides is 3. The van der Waals surface area contributed by atoms with Crippen LogP contribution in [0.25, 0.3) is 28.2 Å². The zero-order valence-electron chi connectivity index (χ0n) is 22.6. The smallest absolute Gasteiger partial charge is 0.368 e. The summed E-state index contributed by atoms with van der Waals surface area (Å²) in [4.78, 5) is 25.1. The summed E-state index contributed by atoms with van der Waals surface area (Å²) in [6.45, 7) is 0. The van der Waals surface area contributed by atoms with Gasteiger partial charge in [-0.3, -0.25) is 14.8 Å². The van der Waals surface area contributed by atoms with Gasteiger partial charge in [0.1, 0.15) is 6.04 Å². The number of benzene rings is 3. The minimum atomic E-state index is -4.49. The van der Waals surface area contributed by atoms with Gasteiger partial charge in [-0.05, 0) is 60.2 Å². The lowest BCUT2D eigenvalue weighted by Crippen LogP contribution is -2.45. The molecule has 0 bridgehead atoms. The highest BCUT2D eigenvalue weighted by Crippen LogP contribution is 2.32. The highest BCUT2D eigenvalue weighted by Gasteiger charge is 2.30. The van der Waals surface area contributed by atoms with Gasteiger partial charge in [0.25, 0.3) is 5.91 Å². The first-order chi connectivity index (χ1) is 20.9. The molecule has 5 rings (SSSR count). The molecule has 224 valence electrons.